The maximum Gasteiger partial charge on any atom is 0.435 e. The first-order valence-electron chi connectivity index (χ1n) is 22.0. The van der Waals surface area contributed by atoms with Crippen molar-refractivity contribution in [2.75, 3.05) is 23.4 Å². The van der Waals surface area contributed by atoms with Crippen LogP contribution in [0.1, 0.15) is 93.8 Å². The number of halogens is 11. The second-order valence-corrected chi connectivity index (χ2v) is 24.1. The number of urea groups is 1. The summed E-state index contributed by atoms with van der Waals surface area (Å²) in [6, 6.07) is 3.69. The fraction of sp³-hybridized carbons (Fsp3) is 0.489. The highest BCUT2D eigenvalue weighted by atomic mass is 35.5. The van der Waals surface area contributed by atoms with Crippen LogP contribution in [0.25, 0.3) is 22.0 Å². The van der Waals surface area contributed by atoms with E-state index in [0.29, 0.717) is 12.3 Å². The molecule has 2 aromatic carbocycles. The first-order chi connectivity index (χ1) is 33.3. The highest BCUT2D eigenvalue weighted by Crippen LogP contribution is 2.55. The number of aromatic nitrogens is 5. The topological polar surface area (TPSA) is 198 Å². The Hall–Kier alpha value is -5.54. The van der Waals surface area contributed by atoms with Gasteiger partial charge in [0.05, 0.1) is 50.8 Å². The highest BCUT2D eigenvalue weighted by molar-refractivity contribution is 7.93. The molecule has 400 valence electrons. The lowest BCUT2D eigenvalue weighted by Gasteiger charge is -2.27. The van der Waals surface area contributed by atoms with Gasteiger partial charge in [-0.3, -0.25) is 19.1 Å². The zero-order chi connectivity index (χ0) is 54.9. The summed E-state index contributed by atoms with van der Waals surface area (Å²) < 4.78 is 199. The van der Waals surface area contributed by atoms with E-state index in [1.54, 1.807) is 0 Å². The lowest BCUT2D eigenvalue weighted by Crippen LogP contribution is -2.53. The minimum absolute atomic E-state index is 0.0177. The van der Waals surface area contributed by atoms with Crippen LogP contribution in [0.15, 0.2) is 42.5 Å². The first-order valence-corrected chi connectivity index (χ1v) is 26.1. The molecule has 1 aliphatic carbocycles. The molecule has 3 N–H and O–H groups in total. The normalized spacial score (nSPS) is 16.9. The SMILES string of the molecule is C[C@@H]1c2c(C(F)(F)F)nn(CC(=O)N[C@@H](Cc3cc(F)cc(F)c3)c3nc(CCC(C)(C)S(C)(=O)=O)ccc3-c3ccc(Cl)c4c(N(C(=O)NC(C)(C)CO)S(C)(=O)=O)nn(CC(F)(F)F)c34)c2C(F)(F)[C@@H]1C. The van der Waals surface area contributed by atoms with Gasteiger partial charge in [0.1, 0.15) is 30.4 Å². The van der Waals surface area contributed by atoms with Crippen molar-refractivity contribution >= 4 is 60.1 Å². The number of sulfonamides is 1. The number of hydrogen-bond acceptors (Lipinski definition) is 10. The van der Waals surface area contributed by atoms with Crippen molar-refractivity contribution < 1.29 is 75.4 Å². The lowest BCUT2D eigenvalue weighted by atomic mass is 9.93. The number of alkyl halides is 8. The number of rotatable bonds is 16. The number of aliphatic hydroxyl groups is 1. The molecular formula is C45H49ClF10N8O7S2. The second kappa shape index (κ2) is 19.6. The summed E-state index contributed by atoms with van der Waals surface area (Å²) in [5, 5.41) is 20.9. The number of amides is 3. The third-order valence-electron chi connectivity index (χ3n) is 12.6. The Morgan fingerprint density at radius 1 is 0.904 bits per heavy atom. The van der Waals surface area contributed by atoms with Gasteiger partial charge in [0.2, 0.25) is 15.9 Å². The summed E-state index contributed by atoms with van der Waals surface area (Å²) in [5.74, 6) is -11.6. The molecule has 3 atom stereocenters. The van der Waals surface area contributed by atoms with Crippen molar-refractivity contribution in [1.82, 2.24) is 35.2 Å². The first kappa shape index (κ1) is 56.8. The fourth-order valence-corrected chi connectivity index (χ4v) is 9.87. The number of aliphatic hydroxyl groups excluding tert-OH is 1. The Kier molecular flexibility index (Phi) is 15.3. The van der Waals surface area contributed by atoms with Gasteiger partial charge >= 0.3 is 18.4 Å². The predicted molar refractivity (Wildman–Crippen MR) is 248 cm³/mol. The van der Waals surface area contributed by atoms with Gasteiger partial charge < -0.3 is 15.7 Å². The molecule has 15 nitrogen and oxygen atoms in total. The van der Waals surface area contributed by atoms with Gasteiger partial charge in [-0.2, -0.15) is 49.6 Å². The molecule has 0 unspecified atom stereocenters. The number of anilines is 1. The molecule has 3 aromatic heterocycles. The van der Waals surface area contributed by atoms with Gasteiger partial charge in [-0.05, 0) is 82.7 Å². The lowest BCUT2D eigenvalue weighted by molar-refractivity contribution is -0.143. The number of hydrogen-bond donors (Lipinski definition) is 3. The van der Waals surface area contributed by atoms with Crippen LogP contribution in [0.4, 0.5) is 54.5 Å². The molecule has 0 saturated carbocycles. The van der Waals surface area contributed by atoms with Gasteiger partial charge in [-0.25, -0.2) is 30.4 Å². The molecule has 3 amide bonds. The summed E-state index contributed by atoms with van der Waals surface area (Å²) >= 11 is 6.65. The van der Waals surface area contributed by atoms with Crippen molar-refractivity contribution in [3.63, 3.8) is 0 Å². The molecule has 0 spiro atoms. The maximum absolute atomic E-state index is 15.8. The van der Waals surface area contributed by atoms with Crippen molar-refractivity contribution in [2.24, 2.45) is 5.92 Å². The Labute approximate surface area is 417 Å². The van der Waals surface area contributed by atoms with E-state index in [4.69, 9.17) is 16.6 Å². The number of carbonyl (C=O) groups excluding carboxylic acids is 2. The summed E-state index contributed by atoms with van der Waals surface area (Å²) in [7, 11) is -8.57. The molecule has 0 saturated heterocycles. The molecule has 0 fully saturated rings. The maximum atomic E-state index is 15.8. The molecule has 6 rings (SSSR count). The Balaban J connectivity index is 1.65. The average molecular weight is 1100 g/mol. The molecule has 3 heterocycles. The van der Waals surface area contributed by atoms with Gasteiger partial charge in [-0.15, -0.1) is 0 Å². The third-order valence-corrected chi connectivity index (χ3v) is 16.2. The van der Waals surface area contributed by atoms with Crippen LogP contribution in [0.5, 0.6) is 0 Å². The van der Waals surface area contributed by atoms with Crippen LogP contribution in [-0.2, 0) is 62.7 Å². The minimum atomic E-state index is -5.25. The zero-order valence-corrected chi connectivity index (χ0v) is 42.5. The number of sulfone groups is 1. The summed E-state index contributed by atoms with van der Waals surface area (Å²) in [4.78, 5) is 32.7. The van der Waals surface area contributed by atoms with Crippen molar-refractivity contribution in [3.05, 3.63) is 93.0 Å². The fourth-order valence-electron chi connectivity index (χ4n) is 8.37. The monoisotopic (exact) mass is 1100 g/mol. The highest BCUT2D eigenvalue weighted by Gasteiger charge is 2.57. The van der Waals surface area contributed by atoms with Gasteiger partial charge in [0.15, 0.2) is 21.3 Å². The van der Waals surface area contributed by atoms with E-state index < -0.39 is 155 Å². The standard InChI is InChI=1S/C45H49ClF10N8O7S2/c1-22-23(2)44(52,53)38-33(22)37(45(54,55)56)60-62(38)19-32(66)58-31(17-24-15-25(47)18-26(48)16-24)35-28(10-9-27(57-35)13-14-42(5,6)72(7,68)69)29-11-12-30(46)34-36(29)63(20-43(49,50)51)61-39(34)64(73(8,70)71)40(67)59-41(3,4)21-65/h9-12,15-16,18,22-23,31,65H,13-14,17,19-21H2,1-8H3,(H,58,66)(H,59,67)/t22-,23+,31-/m0/s1. The van der Waals surface area contributed by atoms with E-state index >= 15 is 8.78 Å². The van der Waals surface area contributed by atoms with Gasteiger partial charge in [0.25, 0.3) is 5.92 Å². The molecule has 28 heteroatoms. The van der Waals surface area contributed by atoms with Crippen LogP contribution < -0.4 is 14.9 Å². The number of nitrogens with zero attached hydrogens (tertiary/aromatic N) is 6. The van der Waals surface area contributed by atoms with Crippen LogP contribution in [0.2, 0.25) is 5.02 Å². The Bertz CT molecular complexity index is 3200. The number of fused-ring (bicyclic) bond motifs is 2. The van der Waals surface area contributed by atoms with Crippen molar-refractivity contribution in [1.29, 1.82) is 0 Å². The van der Waals surface area contributed by atoms with Crippen LogP contribution in [0, 0.1) is 17.6 Å². The predicted octanol–water partition coefficient (Wildman–Crippen LogP) is 8.76. The largest absolute Gasteiger partial charge is 0.435 e. The number of benzene rings is 2. The molecule has 1 aliphatic rings. The molecule has 73 heavy (non-hydrogen) atoms. The summed E-state index contributed by atoms with van der Waals surface area (Å²) in [6.45, 7) is 3.53. The van der Waals surface area contributed by atoms with Crippen molar-refractivity contribution in [2.45, 2.75) is 114 Å². The van der Waals surface area contributed by atoms with E-state index in [1.165, 1.54) is 39.8 Å². The van der Waals surface area contributed by atoms with Crippen LogP contribution in [0.3, 0.4) is 0 Å². The smallest absolute Gasteiger partial charge is 0.394 e. The van der Waals surface area contributed by atoms with Crippen molar-refractivity contribution in [3.8, 4) is 11.1 Å². The number of aryl methyl sites for hydroxylation is 1. The van der Waals surface area contributed by atoms with E-state index in [0.717, 1.165) is 44.4 Å². The summed E-state index contributed by atoms with van der Waals surface area (Å²) in [5.41, 5.74) is -6.98. The number of nitrogens with one attached hydrogen (secondary N) is 2. The summed E-state index contributed by atoms with van der Waals surface area (Å²) in [6.07, 6.45) is -9.84. The Morgan fingerprint density at radius 3 is 2.05 bits per heavy atom. The minimum Gasteiger partial charge on any atom is -0.394 e. The molecular weight excluding hydrogens is 1050 g/mol. The van der Waals surface area contributed by atoms with Crippen LogP contribution in [-0.4, -0.2) is 94.0 Å². The number of carbonyl (C=O) groups is 2. The molecule has 0 radical (unpaired) electrons. The van der Waals surface area contributed by atoms with E-state index in [9.17, 15) is 66.7 Å². The average Bonchev–Trinajstić information content (AvgIpc) is 3.84. The van der Waals surface area contributed by atoms with E-state index in [1.807, 2.05) is 0 Å². The Morgan fingerprint density at radius 2 is 1.51 bits per heavy atom. The van der Waals surface area contributed by atoms with Gasteiger partial charge in [-0.1, -0.05) is 37.6 Å². The van der Waals surface area contributed by atoms with E-state index in [-0.39, 0.29) is 54.6 Å². The third kappa shape index (κ3) is 11.9. The zero-order valence-electron chi connectivity index (χ0n) is 40.1. The quantitative estimate of drug-likeness (QED) is 0.0803. The molecule has 5 aromatic rings. The van der Waals surface area contributed by atoms with E-state index in [2.05, 4.69) is 20.8 Å². The van der Waals surface area contributed by atoms with Gasteiger partial charge in [0, 0.05) is 40.6 Å². The second-order valence-electron chi connectivity index (χ2n) is 19.3. The number of pyridine rings is 1. The van der Waals surface area contributed by atoms with Crippen LogP contribution >= 0.6 is 11.6 Å². The molecule has 0 aliphatic heterocycles. The molecule has 0 bridgehead atoms.